The molecule has 4 heteroatoms. The van der Waals surface area contributed by atoms with Gasteiger partial charge >= 0.3 is 0 Å². The molecule has 1 nitrogen and oxygen atoms in total. The molecular weight excluding hydrogens is 215 g/mol. The van der Waals surface area contributed by atoms with Crippen LogP contribution in [0.2, 0.25) is 0 Å². The molecule has 0 heterocycles. The van der Waals surface area contributed by atoms with Crippen LogP contribution in [0, 0.1) is 0 Å². The van der Waals surface area contributed by atoms with Gasteiger partial charge in [-0.05, 0) is 18.6 Å². The van der Waals surface area contributed by atoms with Crippen LogP contribution in [0.25, 0.3) is 0 Å². The predicted octanol–water partition coefficient (Wildman–Crippen LogP) is 2.81. The van der Waals surface area contributed by atoms with Crippen LogP contribution in [0.15, 0.2) is 0 Å². The van der Waals surface area contributed by atoms with Gasteiger partial charge in [0.1, 0.15) is 0 Å². The van der Waals surface area contributed by atoms with Crippen LogP contribution in [0.5, 0.6) is 0 Å². The molecule has 0 aliphatic rings. The van der Waals surface area contributed by atoms with E-state index in [9.17, 15) is 0 Å². The fourth-order valence-electron chi connectivity index (χ4n) is 0.865. The largest absolute Gasteiger partial charge is 0.479 e. The molecule has 0 aliphatic heterocycles. The molecule has 0 aromatic carbocycles. The van der Waals surface area contributed by atoms with Crippen LogP contribution in [0.3, 0.4) is 0 Å². The minimum Gasteiger partial charge on any atom is -0.479 e. The fraction of sp³-hybridized carbons (Fsp3) is 0.875. The van der Waals surface area contributed by atoms with E-state index >= 15 is 0 Å². The zero-order chi connectivity index (χ0) is 8.53. The summed E-state index contributed by atoms with van der Waals surface area (Å²) < 4.78 is 5.38. The molecule has 0 rings (SSSR count). The third-order valence-corrected chi connectivity index (χ3v) is 1.72. The quantitative estimate of drug-likeness (QED) is 0.326. The number of hydrogen-bond donors (Lipinski definition) is 1. The Morgan fingerprint density at radius 1 is 1.25 bits per heavy atom. The van der Waals surface area contributed by atoms with Crippen molar-refractivity contribution in [1.29, 1.82) is 0 Å². The molecule has 12 heavy (non-hydrogen) atoms. The summed E-state index contributed by atoms with van der Waals surface area (Å²) in [6.07, 6.45) is 6.25. The Morgan fingerprint density at radius 2 is 1.83 bits per heavy atom. The van der Waals surface area contributed by atoms with Crippen molar-refractivity contribution in [2.45, 2.75) is 39.0 Å². The predicted molar refractivity (Wildman–Crippen MR) is 62.0 cm³/mol. The van der Waals surface area contributed by atoms with Gasteiger partial charge in [-0.1, -0.05) is 45.2 Å². The molecule has 67 valence electrons. The van der Waals surface area contributed by atoms with Gasteiger partial charge in [0.2, 0.25) is 4.38 Å². The van der Waals surface area contributed by atoms with Crippen LogP contribution in [0.1, 0.15) is 39.0 Å². The third-order valence-electron chi connectivity index (χ3n) is 1.47. The first-order chi connectivity index (χ1) is 5.27. The third kappa shape index (κ3) is 14.4. The van der Waals surface area contributed by atoms with Gasteiger partial charge in [0.15, 0.2) is 0 Å². The fourth-order valence-corrected chi connectivity index (χ4v) is 1.04. The number of unbranched alkanes of at least 4 members (excludes halogenated alkanes) is 4. The summed E-state index contributed by atoms with van der Waals surface area (Å²) in [4.78, 5) is 0. The van der Waals surface area contributed by atoms with Gasteiger partial charge in [0.05, 0.1) is 6.61 Å². The molecule has 0 spiro atoms. The van der Waals surface area contributed by atoms with Crippen molar-refractivity contribution in [3.63, 3.8) is 0 Å². The van der Waals surface area contributed by atoms with Crippen molar-refractivity contribution in [1.82, 2.24) is 0 Å². The Kier molecular flexibility index (Phi) is 17.5. The molecule has 0 unspecified atom stereocenters. The smallest absolute Gasteiger partial charge is 0.216 e. The molecule has 0 aromatic rings. The van der Waals surface area contributed by atoms with Gasteiger partial charge in [0.25, 0.3) is 0 Å². The van der Waals surface area contributed by atoms with Crippen LogP contribution in [-0.2, 0) is 4.74 Å². The van der Waals surface area contributed by atoms with Crippen LogP contribution in [0.4, 0.5) is 0 Å². The van der Waals surface area contributed by atoms with E-state index < -0.39 is 0 Å². The van der Waals surface area contributed by atoms with Crippen molar-refractivity contribution < 1.29 is 4.74 Å². The number of ether oxygens (including phenoxy) is 1. The van der Waals surface area contributed by atoms with Crippen molar-refractivity contribution in [2.75, 3.05) is 6.61 Å². The Labute approximate surface area is 129 Å². The van der Waals surface area contributed by atoms with Crippen molar-refractivity contribution in [2.24, 2.45) is 0 Å². The molecule has 0 amide bonds. The second kappa shape index (κ2) is 12.9. The van der Waals surface area contributed by atoms with Crippen molar-refractivity contribution >= 4 is 80.6 Å². The Bertz CT molecular complexity index is 109. The molecule has 0 bridgehead atoms. The van der Waals surface area contributed by atoms with Crippen LogP contribution in [-0.4, -0.2) is 62.4 Å². The summed E-state index contributed by atoms with van der Waals surface area (Å²) in [7, 11) is 0. The standard InChI is InChI=1S/C8H16OS2.K/c1-2-3-4-5-6-7-9-8(10)11;/h2-7H2,1H3,(H,10,11);. The van der Waals surface area contributed by atoms with Crippen molar-refractivity contribution in [3.8, 4) is 0 Å². The molecule has 0 saturated heterocycles. The maximum absolute atomic E-state index is 5.02. The average molecular weight is 231 g/mol. The Hall–Kier alpha value is 1.88. The van der Waals surface area contributed by atoms with E-state index in [1.165, 1.54) is 25.7 Å². The van der Waals surface area contributed by atoms with E-state index in [0.29, 0.717) is 4.38 Å². The topological polar surface area (TPSA) is 9.23 Å². The van der Waals surface area contributed by atoms with Crippen molar-refractivity contribution in [3.05, 3.63) is 0 Å². The molecule has 0 aliphatic carbocycles. The molecule has 0 fully saturated rings. The zero-order valence-electron chi connectivity index (χ0n) is 8.01. The van der Waals surface area contributed by atoms with E-state index in [1.54, 1.807) is 0 Å². The number of hydrogen-bond acceptors (Lipinski definition) is 2. The van der Waals surface area contributed by atoms with Gasteiger partial charge in [-0.15, -0.1) is 0 Å². The second-order valence-corrected chi connectivity index (χ2v) is 3.61. The Morgan fingerprint density at radius 3 is 2.33 bits per heavy atom. The van der Waals surface area contributed by atoms with Gasteiger partial charge in [0, 0.05) is 51.4 Å². The normalized spacial score (nSPS) is 8.83. The summed E-state index contributed by atoms with van der Waals surface area (Å²) >= 11 is 8.49. The average Bonchev–Trinajstić information content (AvgIpc) is 1.96. The van der Waals surface area contributed by atoms with Crippen LogP contribution < -0.4 is 0 Å². The number of thiocarbonyl (C=S) groups is 1. The van der Waals surface area contributed by atoms with E-state index in [2.05, 4.69) is 31.8 Å². The maximum atomic E-state index is 5.02. The molecule has 0 saturated carbocycles. The number of thiol groups is 1. The minimum absolute atomic E-state index is 0. The molecule has 0 aromatic heterocycles. The summed E-state index contributed by atoms with van der Waals surface area (Å²) in [5.74, 6) is 0. The molecule has 0 atom stereocenters. The first-order valence-electron chi connectivity index (χ1n) is 4.13. The maximum Gasteiger partial charge on any atom is 0.216 e. The first kappa shape index (κ1) is 16.3. The summed E-state index contributed by atoms with van der Waals surface area (Å²) in [5, 5.41) is 0. The van der Waals surface area contributed by atoms with Gasteiger partial charge in [-0.25, -0.2) is 0 Å². The van der Waals surface area contributed by atoms with E-state index in [4.69, 9.17) is 4.74 Å². The minimum atomic E-state index is 0. The zero-order valence-corrected chi connectivity index (χ0v) is 12.8. The summed E-state index contributed by atoms with van der Waals surface area (Å²) in [5.41, 5.74) is 0. The molecule has 0 N–H and O–H groups in total. The SMILES string of the molecule is CCCCCCCOC(=S)S.[K]. The Balaban J connectivity index is 0. The van der Waals surface area contributed by atoms with Gasteiger partial charge in [-0.3, -0.25) is 0 Å². The summed E-state index contributed by atoms with van der Waals surface area (Å²) in [6, 6.07) is 0. The van der Waals surface area contributed by atoms with E-state index in [-0.39, 0.29) is 51.4 Å². The summed E-state index contributed by atoms with van der Waals surface area (Å²) in [6.45, 7) is 2.94. The molecule has 1 radical (unpaired) electrons. The monoisotopic (exact) mass is 231 g/mol. The first-order valence-corrected chi connectivity index (χ1v) is 4.98. The van der Waals surface area contributed by atoms with Gasteiger partial charge in [-0.2, -0.15) is 0 Å². The van der Waals surface area contributed by atoms with Gasteiger partial charge < -0.3 is 4.74 Å². The molecular formula is C8H16KOS2. The van der Waals surface area contributed by atoms with E-state index in [0.717, 1.165) is 13.0 Å². The van der Waals surface area contributed by atoms with E-state index in [1.807, 2.05) is 0 Å². The van der Waals surface area contributed by atoms with Crippen LogP contribution >= 0.6 is 24.8 Å². The number of rotatable bonds is 6. The second-order valence-electron chi connectivity index (χ2n) is 2.53.